The molecule has 0 aromatic heterocycles. The van der Waals surface area contributed by atoms with Gasteiger partial charge < -0.3 is 21.3 Å². The molecule has 0 saturated carbocycles. The van der Waals surface area contributed by atoms with E-state index in [4.69, 9.17) is 21.0 Å². The van der Waals surface area contributed by atoms with E-state index in [1.165, 1.54) is 12.8 Å². The lowest BCUT2D eigenvalue weighted by molar-refractivity contribution is -0.138. The SMILES string of the molecule is CC(=O)O.CCc1cc(CN2CCCC2)cc(C(Nc2ccc(C(=N)N)cc2)C(=O)O)c1. The largest absolute Gasteiger partial charge is 0.481 e. The molecule has 1 unspecified atom stereocenters. The van der Waals surface area contributed by atoms with Crippen molar-refractivity contribution in [2.24, 2.45) is 5.73 Å². The summed E-state index contributed by atoms with van der Waals surface area (Å²) in [5.74, 6) is -1.76. The van der Waals surface area contributed by atoms with Crippen molar-refractivity contribution in [3.05, 3.63) is 64.7 Å². The first-order chi connectivity index (χ1) is 15.2. The second-order valence-corrected chi connectivity index (χ2v) is 7.85. The highest BCUT2D eigenvalue weighted by Gasteiger charge is 2.21. The van der Waals surface area contributed by atoms with Crippen molar-refractivity contribution in [3.8, 4) is 0 Å². The first-order valence-electron chi connectivity index (χ1n) is 10.7. The smallest absolute Gasteiger partial charge is 0.330 e. The molecule has 0 radical (unpaired) electrons. The third-order valence-electron chi connectivity index (χ3n) is 5.18. The minimum atomic E-state index is -0.920. The summed E-state index contributed by atoms with van der Waals surface area (Å²) in [6.45, 7) is 6.24. The Kier molecular flexibility index (Phi) is 9.22. The highest BCUT2D eigenvalue weighted by molar-refractivity contribution is 5.95. The Balaban J connectivity index is 0.000000837. The van der Waals surface area contributed by atoms with E-state index in [1.54, 1.807) is 24.3 Å². The van der Waals surface area contributed by atoms with Crippen molar-refractivity contribution in [2.45, 2.75) is 45.7 Å². The van der Waals surface area contributed by atoms with E-state index < -0.39 is 18.0 Å². The van der Waals surface area contributed by atoms with Crippen LogP contribution in [0.5, 0.6) is 0 Å². The van der Waals surface area contributed by atoms with Crippen molar-refractivity contribution < 1.29 is 19.8 Å². The summed E-state index contributed by atoms with van der Waals surface area (Å²) in [5, 5.41) is 27.8. The fourth-order valence-electron chi connectivity index (χ4n) is 3.65. The van der Waals surface area contributed by atoms with Crippen LogP contribution in [0.25, 0.3) is 0 Å². The summed E-state index contributed by atoms with van der Waals surface area (Å²) in [7, 11) is 0. The summed E-state index contributed by atoms with van der Waals surface area (Å²) >= 11 is 0. The fraction of sp³-hybridized carbons (Fsp3) is 0.375. The third-order valence-corrected chi connectivity index (χ3v) is 5.18. The van der Waals surface area contributed by atoms with E-state index in [-0.39, 0.29) is 5.84 Å². The van der Waals surface area contributed by atoms with Gasteiger partial charge in [-0.05, 0) is 73.3 Å². The predicted octanol–water partition coefficient (Wildman–Crippen LogP) is 3.46. The van der Waals surface area contributed by atoms with E-state index >= 15 is 0 Å². The number of likely N-dealkylation sites (tertiary alicyclic amines) is 1. The molecule has 2 aromatic carbocycles. The molecule has 0 amide bonds. The molecule has 1 heterocycles. The standard InChI is InChI=1S/C22H28N4O2.C2H4O2/c1-2-15-11-16(14-26-9-3-4-10-26)13-18(12-15)20(22(27)28)25-19-7-5-17(6-8-19)21(23)24;1-2(3)4/h5-8,11-13,20,25H,2-4,9-10,14H2,1H3,(H3,23,24)(H,27,28);1H3,(H,3,4). The second-order valence-electron chi connectivity index (χ2n) is 7.85. The number of anilines is 1. The average molecular weight is 441 g/mol. The molecule has 0 bridgehead atoms. The molecule has 172 valence electrons. The van der Waals surface area contributed by atoms with Crippen LogP contribution in [0.1, 0.15) is 55.0 Å². The lowest BCUT2D eigenvalue weighted by Gasteiger charge is -2.20. The van der Waals surface area contributed by atoms with Gasteiger partial charge in [-0.2, -0.15) is 0 Å². The molecule has 0 aliphatic carbocycles. The van der Waals surface area contributed by atoms with Crippen molar-refractivity contribution in [2.75, 3.05) is 18.4 Å². The molecule has 6 N–H and O–H groups in total. The Labute approximate surface area is 188 Å². The monoisotopic (exact) mass is 440 g/mol. The lowest BCUT2D eigenvalue weighted by atomic mass is 9.98. The molecule has 3 rings (SSSR count). The van der Waals surface area contributed by atoms with Gasteiger partial charge in [0.2, 0.25) is 0 Å². The molecule has 1 fully saturated rings. The van der Waals surface area contributed by atoms with Gasteiger partial charge in [0.1, 0.15) is 5.84 Å². The second kappa shape index (κ2) is 11.9. The van der Waals surface area contributed by atoms with Crippen LogP contribution < -0.4 is 11.1 Å². The first-order valence-corrected chi connectivity index (χ1v) is 10.7. The number of carbonyl (C=O) groups is 2. The van der Waals surface area contributed by atoms with Crippen LogP contribution in [-0.4, -0.2) is 46.0 Å². The van der Waals surface area contributed by atoms with Crippen LogP contribution in [0, 0.1) is 5.41 Å². The minimum Gasteiger partial charge on any atom is -0.481 e. The van der Waals surface area contributed by atoms with Crippen molar-refractivity contribution in [3.63, 3.8) is 0 Å². The van der Waals surface area contributed by atoms with Crippen molar-refractivity contribution in [1.29, 1.82) is 5.41 Å². The number of benzene rings is 2. The number of carboxylic acids is 2. The molecule has 1 aliphatic heterocycles. The maximum Gasteiger partial charge on any atom is 0.330 e. The highest BCUT2D eigenvalue weighted by atomic mass is 16.4. The summed E-state index contributed by atoms with van der Waals surface area (Å²) in [6.07, 6.45) is 3.33. The third kappa shape index (κ3) is 7.70. The van der Waals surface area contributed by atoms with E-state index in [2.05, 4.69) is 23.2 Å². The zero-order valence-electron chi connectivity index (χ0n) is 18.6. The zero-order chi connectivity index (χ0) is 23.7. The molecule has 1 atom stereocenters. The Bertz CT molecular complexity index is 934. The van der Waals surface area contributed by atoms with Crippen molar-refractivity contribution in [1.82, 2.24) is 4.90 Å². The maximum atomic E-state index is 12.0. The van der Waals surface area contributed by atoms with Gasteiger partial charge in [-0.25, -0.2) is 4.79 Å². The quantitative estimate of drug-likeness (QED) is 0.313. The van der Waals surface area contributed by atoms with Crippen LogP contribution in [0.2, 0.25) is 0 Å². The minimum absolute atomic E-state index is 0.0106. The van der Waals surface area contributed by atoms with Gasteiger partial charge in [-0.3, -0.25) is 15.1 Å². The molecule has 8 heteroatoms. The molecule has 0 spiro atoms. The molecule has 2 aromatic rings. The Morgan fingerprint density at radius 1 is 1.09 bits per heavy atom. The number of nitrogens with zero attached hydrogens (tertiary/aromatic N) is 1. The van der Waals surface area contributed by atoms with Crippen molar-refractivity contribution >= 4 is 23.5 Å². The summed E-state index contributed by atoms with van der Waals surface area (Å²) < 4.78 is 0. The van der Waals surface area contributed by atoms with Crippen LogP contribution in [0.4, 0.5) is 5.69 Å². The fourth-order valence-corrected chi connectivity index (χ4v) is 3.65. The predicted molar refractivity (Wildman–Crippen MR) is 125 cm³/mol. The molecular formula is C24H32N4O4. The number of carboxylic acid groups (broad SMARTS) is 2. The van der Waals surface area contributed by atoms with Crippen LogP contribution in [0.3, 0.4) is 0 Å². The van der Waals surface area contributed by atoms with Crippen LogP contribution in [-0.2, 0) is 22.6 Å². The number of hydrogen-bond acceptors (Lipinski definition) is 5. The van der Waals surface area contributed by atoms with Crippen LogP contribution in [0.15, 0.2) is 42.5 Å². The summed E-state index contributed by atoms with van der Waals surface area (Å²) in [5.41, 5.74) is 9.84. The maximum absolute atomic E-state index is 12.0. The number of nitrogens with one attached hydrogen (secondary N) is 2. The van der Waals surface area contributed by atoms with E-state index in [9.17, 15) is 9.90 Å². The summed E-state index contributed by atoms with van der Waals surface area (Å²) in [4.78, 5) is 23.4. The lowest BCUT2D eigenvalue weighted by Crippen LogP contribution is -2.22. The highest BCUT2D eigenvalue weighted by Crippen LogP contribution is 2.25. The van der Waals surface area contributed by atoms with Gasteiger partial charge in [0.25, 0.3) is 5.97 Å². The molecule has 8 nitrogen and oxygen atoms in total. The topological polar surface area (TPSA) is 140 Å². The number of hydrogen-bond donors (Lipinski definition) is 5. The van der Waals surface area contributed by atoms with Crippen LogP contribution >= 0.6 is 0 Å². The number of amidine groups is 1. The number of nitrogens with two attached hydrogens (primary N) is 1. The number of rotatable bonds is 8. The number of nitrogen functional groups attached to an aromatic ring is 1. The number of aryl methyl sites for hydroxylation is 1. The van der Waals surface area contributed by atoms with Gasteiger partial charge >= 0.3 is 5.97 Å². The normalized spacial score (nSPS) is 14.2. The van der Waals surface area contributed by atoms with Gasteiger partial charge in [-0.15, -0.1) is 0 Å². The Morgan fingerprint density at radius 3 is 2.16 bits per heavy atom. The van der Waals surface area contributed by atoms with Gasteiger partial charge in [0, 0.05) is 24.7 Å². The molecule has 1 saturated heterocycles. The Morgan fingerprint density at radius 2 is 1.66 bits per heavy atom. The Hall–Kier alpha value is -3.39. The molecule has 1 aliphatic rings. The molecule has 32 heavy (non-hydrogen) atoms. The molecular weight excluding hydrogens is 408 g/mol. The van der Waals surface area contributed by atoms with E-state index in [1.807, 2.05) is 12.1 Å². The zero-order valence-corrected chi connectivity index (χ0v) is 18.6. The average Bonchev–Trinajstić information content (AvgIpc) is 3.24. The first kappa shape index (κ1) is 24.9. The van der Waals surface area contributed by atoms with Gasteiger partial charge in [0.05, 0.1) is 0 Å². The van der Waals surface area contributed by atoms with Gasteiger partial charge in [0.15, 0.2) is 6.04 Å². The summed E-state index contributed by atoms with van der Waals surface area (Å²) in [6, 6.07) is 12.3. The van der Waals surface area contributed by atoms with E-state index in [0.717, 1.165) is 49.7 Å². The van der Waals surface area contributed by atoms with Gasteiger partial charge in [-0.1, -0.05) is 25.1 Å². The van der Waals surface area contributed by atoms with E-state index in [0.29, 0.717) is 11.3 Å². The number of aliphatic carboxylic acids is 2.